The summed E-state index contributed by atoms with van der Waals surface area (Å²) in [5, 5.41) is 3.63. The summed E-state index contributed by atoms with van der Waals surface area (Å²) in [5.74, 6) is 1.74. The van der Waals surface area contributed by atoms with E-state index in [1.54, 1.807) is 0 Å². The largest absolute Gasteiger partial charge is 0.314 e. The Morgan fingerprint density at radius 2 is 1.67 bits per heavy atom. The monoisotopic (exact) mass is 287 g/mol. The molecule has 1 N–H and O–H groups in total. The SMILES string of the molecule is CC(C)NCC1CCCC1Cc1ccc(C(C)(C)C)cc1. The third-order valence-electron chi connectivity index (χ3n) is 4.92. The van der Waals surface area contributed by atoms with E-state index in [1.807, 2.05) is 0 Å². The first kappa shape index (κ1) is 16.5. The van der Waals surface area contributed by atoms with Crippen LogP contribution in [0, 0.1) is 11.8 Å². The van der Waals surface area contributed by atoms with Crippen LogP contribution in [0.1, 0.15) is 65.0 Å². The van der Waals surface area contributed by atoms with Gasteiger partial charge < -0.3 is 5.32 Å². The van der Waals surface area contributed by atoms with Crippen LogP contribution in [0.15, 0.2) is 24.3 Å². The van der Waals surface area contributed by atoms with Gasteiger partial charge in [-0.15, -0.1) is 0 Å². The molecule has 2 atom stereocenters. The zero-order valence-electron chi connectivity index (χ0n) is 14.6. The molecule has 1 saturated carbocycles. The third kappa shape index (κ3) is 4.85. The molecule has 0 aromatic heterocycles. The zero-order chi connectivity index (χ0) is 15.5. The molecule has 0 amide bonds. The van der Waals surface area contributed by atoms with Crippen LogP contribution in [0.3, 0.4) is 0 Å². The van der Waals surface area contributed by atoms with Gasteiger partial charge in [-0.2, -0.15) is 0 Å². The van der Waals surface area contributed by atoms with Crippen molar-refractivity contribution in [2.45, 2.75) is 71.8 Å². The Labute approximate surface area is 131 Å². The van der Waals surface area contributed by atoms with Crippen molar-refractivity contribution < 1.29 is 0 Å². The van der Waals surface area contributed by atoms with E-state index < -0.39 is 0 Å². The van der Waals surface area contributed by atoms with Crippen LogP contribution in [0.25, 0.3) is 0 Å². The van der Waals surface area contributed by atoms with Crippen molar-refractivity contribution in [1.29, 1.82) is 0 Å². The molecular weight excluding hydrogens is 254 g/mol. The quantitative estimate of drug-likeness (QED) is 0.808. The molecule has 1 nitrogen and oxygen atoms in total. The number of hydrogen-bond acceptors (Lipinski definition) is 1. The van der Waals surface area contributed by atoms with Gasteiger partial charge in [-0.1, -0.05) is 65.3 Å². The molecule has 0 aliphatic heterocycles. The van der Waals surface area contributed by atoms with Crippen LogP contribution in [0.4, 0.5) is 0 Å². The number of benzene rings is 1. The van der Waals surface area contributed by atoms with Crippen molar-refractivity contribution in [1.82, 2.24) is 5.32 Å². The summed E-state index contributed by atoms with van der Waals surface area (Å²) in [5.41, 5.74) is 3.22. The first-order valence-corrected chi connectivity index (χ1v) is 8.69. The van der Waals surface area contributed by atoms with Gasteiger partial charge in [0.25, 0.3) is 0 Å². The van der Waals surface area contributed by atoms with Crippen LogP contribution < -0.4 is 5.32 Å². The predicted molar refractivity (Wildman–Crippen MR) is 92.8 cm³/mol. The molecule has 0 heterocycles. The standard InChI is InChI=1S/C20H33N/c1-15(2)21-14-18-8-6-7-17(18)13-16-9-11-19(12-10-16)20(3,4)5/h9-12,15,17-18,21H,6-8,13-14H2,1-5H3. The topological polar surface area (TPSA) is 12.0 Å². The van der Waals surface area contributed by atoms with Gasteiger partial charge in [-0.3, -0.25) is 0 Å². The lowest BCUT2D eigenvalue weighted by molar-refractivity contribution is 0.354. The molecule has 0 bridgehead atoms. The van der Waals surface area contributed by atoms with E-state index in [0.29, 0.717) is 6.04 Å². The molecule has 2 rings (SSSR count). The van der Waals surface area contributed by atoms with Gasteiger partial charge in [-0.25, -0.2) is 0 Å². The van der Waals surface area contributed by atoms with E-state index in [-0.39, 0.29) is 5.41 Å². The second kappa shape index (κ2) is 6.96. The number of hydrogen-bond donors (Lipinski definition) is 1. The average molecular weight is 287 g/mol. The predicted octanol–water partition coefficient (Wildman–Crippen LogP) is 4.94. The maximum atomic E-state index is 3.63. The van der Waals surface area contributed by atoms with Crippen molar-refractivity contribution >= 4 is 0 Å². The highest BCUT2D eigenvalue weighted by atomic mass is 14.9. The van der Waals surface area contributed by atoms with E-state index in [1.165, 1.54) is 43.4 Å². The highest BCUT2D eigenvalue weighted by Crippen LogP contribution is 2.34. The van der Waals surface area contributed by atoms with E-state index in [9.17, 15) is 0 Å². The Hall–Kier alpha value is -0.820. The molecular formula is C20H33N. The van der Waals surface area contributed by atoms with E-state index in [0.717, 1.165) is 11.8 Å². The normalized spacial score (nSPS) is 23.0. The van der Waals surface area contributed by atoms with Crippen LogP contribution in [0.2, 0.25) is 0 Å². The highest BCUT2D eigenvalue weighted by Gasteiger charge is 2.27. The van der Waals surface area contributed by atoms with Gasteiger partial charge in [0.15, 0.2) is 0 Å². The van der Waals surface area contributed by atoms with Gasteiger partial charge >= 0.3 is 0 Å². The Kier molecular flexibility index (Phi) is 5.48. The van der Waals surface area contributed by atoms with E-state index in [2.05, 4.69) is 64.2 Å². The Bertz CT molecular complexity index is 424. The Morgan fingerprint density at radius 1 is 1.05 bits per heavy atom. The lowest BCUT2D eigenvalue weighted by Crippen LogP contribution is -2.31. The van der Waals surface area contributed by atoms with E-state index in [4.69, 9.17) is 0 Å². The minimum atomic E-state index is 0.260. The van der Waals surface area contributed by atoms with Gasteiger partial charge in [0.1, 0.15) is 0 Å². The smallest absolute Gasteiger partial charge is 0.00104 e. The molecule has 0 saturated heterocycles. The minimum absolute atomic E-state index is 0.260. The average Bonchev–Trinajstić information content (AvgIpc) is 2.83. The van der Waals surface area contributed by atoms with Crippen molar-refractivity contribution in [3.8, 4) is 0 Å². The molecule has 21 heavy (non-hydrogen) atoms. The molecule has 2 unspecified atom stereocenters. The second-order valence-electron chi connectivity index (χ2n) is 8.17. The molecule has 118 valence electrons. The van der Waals surface area contributed by atoms with Crippen LogP contribution in [-0.4, -0.2) is 12.6 Å². The van der Waals surface area contributed by atoms with Gasteiger partial charge in [0.05, 0.1) is 0 Å². The summed E-state index contributed by atoms with van der Waals surface area (Å²) < 4.78 is 0. The summed E-state index contributed by atoms with van der Waals surface area (Å²) in [6, 6.07) is 9.96. The third-order valence-corrected chi connectivity index (χ3v) is 4.92. The van der Waals surface area contributed by atoms with Crippen LogP contribution in [-0.2, 0) is 11.8 Å². The van der Waals surface area contributed by atoms with Gasteiger partial charge in [0, 0.05) is 6.04 Å². The maximum absolute atomic E-state index is 3.63. The summed E-state index contributed by atoms with van der Waals surface area (Å²) in [7, 11) is 0. The molecule has 1 aromatic carbocycles. The number of nitrogens with one attached hydrogen (secondary N) is 1. The zero-order valence-corrected chi connectivity index (χ0v) is 14.6. The Balaban J connectivity index is 1.94. The van der Waals surface area contributed by atoms with Gasteiger partial charge in [-0.05, 0) is 54.2 Å². The lowest BCUT2D eigenvalue weighted by Gasteiger charge is -2.23. The van der Waals surface area contributed by atoms with Crippen molar-refractivity contribution in [3.63, 3.8) is 0 Å². The minimum Gasteiger partial charge on any atom is -0.314 e. The second-order valence-corrected chi connectivity index (χ2v) is 8.17. The van der Waals surface area contributed by atoms with E-state index >= 15 is 0 Å². The number of rotatable bonds is 5. The molecule has 1 aliphatic carbocycles. The summed E-state index contributed by atoms with van der Waals surface area (Å²) in [6.45, 7) is 12.5. The Morgan fingerprint density at radius 3 is 2.24 bits per heavy atom. The highest BCUT2D eigenvalue weighted by molar-refractivity contribution is 5.27. The molecule has 0 radical (unpaired) electrons. The molecule has 0 spiro atoms. The maximum Gasteiger partial charge on any atom is 0.00104 e. The molecule has 1 heteroatoms. The lowest BCUT2D eigenvalue weighted by atomic mass is 9.85. The van der Waals surface area contributed by atoms with Crippen molar-refractivity contribution in [3.05, 3.63) is 35.4 Å². The van der Waals surface area contributed by atoms with Crippen molar-refractivity contribution in [2.75, 3.05) is 6.54 Å². The fourth-order valence-electron chi connectivity index (χ4n) is 3.48. The van der Waals surface area contributed by atoms with Gasteiger partial charge in [0.2, 0.25) is 0 Å². The fraction of sp³-hybridized carbons (Fsp3) is 0.700. The molecule has 1 aromatic rings. The summed E-state index contributed by atoms with van der Waals surface area (Å²) in [6.07, 6.45) is 5.49. The first-order valence-electron chi connectivity index (χ1n) is 8.69. The molecule has 1 fully saturated rings. The summed E-state index contributed by atoms with van der Waals surface area (Å²) >= 11 is 0. The molecule has 1 aliphatic rings. The fourth-order valence-corrected chi connectivity index (χ4v) is 3.48. The van der Waals surface area contributed by atoms with Crippen molar-refractivity contribution in [2.24, 2.45) is 11.8 Å². The van der Waals surface area contributed by atoms with Crippen LogP contribution >= 0.6 is 0 Å². The van der Waals surface area contributed by atoms with Crippen LogP contribution in [0.5, 0.6) is 0 Å². The summed E-state index contributed by atoms with van der Waals surface area (Å²) in [4.78, 5) is 0. The first-order chi connectivity index (χ1) is 9.86.